The molecule has 2 rings (SSSR count). The van der Waals surface area contributed by atoms with Gasteiger partial charge in [0.2, 0.25) is 0 Å². The second-order valence-electron chi connectivity index (χ2n) is 5.34. The molecule has 94 valence electrons. The third kappa shape index (κ3) is 3.74. The lowest BCUT2D eigenvalue weighted by molar-refractivity contribution is 0.339. The molecule has 0 spiro atoms. The Morgan fingerprint density at radius 1 is 1.24 bits per heavy atom. The maximum atomic E-state index is 5.98. The fraction of sp³-hybridized carbons (Fsp3) is 0.600. The van der Waals surface area contributed by atoms with Gasteiger partial charge in [-0.15, -0.1) is 0 Å². The maximum Gasteiger partial charge on any atom is 0.0346 e. The van der Waals surface area contributed by atoms with Crippen molar-refractivity contribution in [2.45, 2.75) is 32.1 Å². The Kier molecular flexibility index (Phi) is 4.43. The lowest BCUT2D eigenvalue weighted by Gasteiger charge is -2.15. The number of hydrogen-bond acceptors (Lipinski definition) is 2. The Morgan fingerprint density at radius 2 is 2.06 bits per heavy atom. The predicted octanol–water partition coefficient (Wildman–Crippen LogP) is 2.93. The van der Waals surface area contributed by atoms with E-state index < -0.39 is 0 Å². The summed E-state index contributed by atoms with van der Waals surface area (Å²) in [6, 6.07) is 8.28. The largest absolute Gasteiger partial charge is 0.399 e. The van der Waals surface area contributed by atoms with Crippen LogP contribution in [-0.4, -0.2) is 25.0 Å². The third-order valence-corrected chi connectivity index (χ3v) is 3.95. The van der Waals surface area contributed by atoms with Gasteiger partial charge in [-0.2, -0.15) is 0 Å². The number of para-hydroxylation sites is 1. The quantitative estimate of drug-likeness (QED) is 0.812. The van der Waals surface area contributed by atoms with Crippen molar-refractivity contribution in [2.24, 2.45) is 5.92 Å². The first-order valence-electron chi connectivity index (χ1n) is 6.77. The monoisotopic (exact) mass is 232 g/mol. The molecule has 0 radical (unpaired) electrons. The zero-order chi connectivity index (χ0) is 12.1. The van der Waals surface area contributed by atoms with Gasteiger partial charge in [0.1, 0.15) is 0 Å². The van der Waals surface area contributed by atoms with Crippen LogP contribution in [0.25, 0.3) is 0 Å². The SMILES string of the molecule is CN1CCCC(CCc2ccccc2N)CC1. The summed E-state index contributed by atoms with van der Waals surface area (Å²) in [4.78, 5) is 2.46. The number of anilines is 1. The van der Waals surface area contributed by atoms with Crippen molar-refractivity contribution in [3.8, 4) is 0 Å². The molecule has 1 aromatic carbocycles. The van der Waals surface area contributed by atoms with Crippen molar-refractivity contribution in [3.63, 3.8) is 0 Å². The lowest BCUT2D eigenvalue weighted by Crippen LogP contribution is -2.18. The van der Waals surface area contributed by atoms with E-state index in [9.17, 15) is 0 Å². The van der Waals surface area contributed by atoms with E-state index in [1.54, 1.807) is 0 Å². The number of aryl methyl sites for hydroxylation is 1. The minimum atomic E-state index is 0.888. The highest BCUT2D eigenvalue weighted by Crippen LogP contribution is 2.23. The summed E-state index contributed by atoms with van der Waals surface area (Å²) < 4.78 is 0. The van der Waals surface area contributed by atoms with E-state index in [-0.39, 0.29) is 0 Å². The fourth-order valence-corrected chi connectivity index (χ4v) is 2.72. The van der Waals surface area contributed by atoms with E-state index in [1.807, 2.05) is 12.1 Å². The van der Waals surface area contributed by atoms with E-state index >= 15 is 0 Å². The normalized spacial score (nSPS) is 22.3. The molecule has 0 aliphatic carbocycles. The van der Waals surface area contributed by atoms with Gasteiger partial charge in [-0.1, -0.05) is 18.2 Å². The standard InChI is InChI=1S/C15H24N2/c1-17-11-4-5-13(10-12-17)8-9-14-6-2-3-7-15(14)16/h2-3,6-7,13H,4-5,8-12,16H2,1H3. The number of rotatable bonds is 3. The molecule has 1 aromatic rings. The van der Waals surface area contributed by atoms with Gasteiger partial charge in [-0.3, -0.25) is 0 Å². The van der Waals surface area contributed by atoms with Crippen LogP contribution in [0.3, 0.4) is 0 Å². The lowest BCUT2D eigenvalue weighted by atomic mass is 9.93. The van der Waals surface area contributed by atoms with E-state index in [0.717, 1.165) is 18.0 Å². The molecule has 1 aliphatic heterocycles. The highest BCUT2D eigenvalue weighted by Gasteiger charge is 2.14. The van der Waals surface area contributed by atoms with Crippen molar-refractivity contribution in [3.05, 3.63) is 29.8 Å². The molecule has 0 saturated carbocycles. The van der Waals surface area contributed by atoms with Crippen molar-refractivity contribution in [2.75, 3.05) is 25.9 Å². The molecule has 1 atom stereocenters. The van der Waals surface area contributed by atoms with Gasteiger partial charge < -0.3 is 10.6 Å². The second kappa shape index (κ2) is 6.06. The zero-order valence-corrected chi connectivity index (χ0v) is 10.9. The Hall–Kier alpha value is -1.02. The highest BCUT2D eigenvalue weighted by molar-refractivity contribution is 5.46. The van der Waals surface area contributed by atoms with Gasteiger partial charge >= 0.3 is 0 Å². The molecule has 1 aliphatic rings. The molecule has 2 N–H and O–H groups in total. The molecule has 17 heavy (non-hydrogen) atoms. The summed E-state index contributed by atoms with van der Waals surface area (Å²) in [7, 11) is 2.23. The summed E-state index contributed by atoms with van der Waals surface area (Å²) in [5.74, 6) is 0.888. The summed E-state index contributed by atoms with van der Waals surface area (Å²) in [5.41, 5.74) is 8.26. The molecule has 1 heterocycles. The van der Waals surface area contributed by atoms with Gasteiger partial charge in [-0.25, -0.2) is 0 Å². The smallest absolute Gasteiger partial charge is 0.0346 e. The first-order valence-corrected chi connectivity index (χ1v) is 6.77. The Bertz CT molecular complexity index is 349. The van der Waals surface area contributed by atoms with Crippen LogP contribution in [0.1, 0.15) is 31.2 Å². The maximum absolute atomic E-state index is 5.98. The predicted molar refractivity (Wildman–Crippen MR) is 74.0 cm³/mol. The van der Waals surface area contributed by atoms with Gasteiger partial charge in [0.25, 0.3) is 0 Å². The minimum Gasteiger partial charge on any atom is -0.399 e. The molecule has 1 saturated heterocycles. The number of benzene rings is 1. The second-order valence-corrected chi connectivity index (χ2v) is 5.34. The van der Waals surface area contributed by atoms with Crippen LogP contribution in [-0.2, 0) is 6.42 Å². The Morgan fingerprint density at radius 3 is 2.88 bits per heavy atom. The summed E-state index contributed by atoms with van der Waals surface area (Å²) in [6.07, 6.45) is 6.52. The van der Waals surface area contributed by atoms with Gasteiger partial charge in [-0.05, 0) is 69.8 Å². The summed E-state index contributed by atoms with van der Waals surface area (Å²) >= 11 is 0. The molecule has 1 fully saturated rings. The van der Waals surface area contributed by atoms with Gasteiger partial charge in [0, 0.05) is 5.69 Å². The van der Waals surface area contributed by atoms with Crippen molar-refractivity contribution in [1.29, 1.82) is 0 Å². The molecule has 0 amide bonds. The van der Waals surface area contributed by atoms with Crippen LogP contribution >= 0.6 is 0 Å². The Balaban J connectivity index is 1.83. The average molecular weight is 232 g/mol. The van der Waals surface area contributed by atoms with E-state index in [4.69, 9.17) is 5.73 Å². The number of hydrogen-bond donors (Lipinski definition) is 1. The van der Waals surface area contributed by atoms with Crippen LogP contribution in [0.15, 0.2) is 24.3 Å². The van der Waals surface area contributed by atoms with Crippen LogP contribution in [0, 0.1) is 5.92 Å². The van der Waals surface area contributed by atoms with Crippen LogP contribution in [0.5, 0.6) is 0 Å². The number of nitrogens with zero attached hydrogens (tertiary/aromatic N) is 1. The van der Waals surface area contributed by atoms with Crippen molar-refractivity contribution in [1.82, 2.24) is 4.90 Å². The topological polar surface area (TPSA) is 29.3 Å². The summed E-state index contributed by atoms with van der Waals surface area (Å²) in [6.45, 7) is 2.53. The van der Waals surface area contributed by atoms with E-state index in [1.165, 1.54) is 44.3 Å². The number of nitrogen functional groups attached to an aromatic ring is 1. The van der Waals surface area contributed by atoms with Crippen molar-refractivity contribution >= 4 is 5.69 Å². The highest BCUT2D eigenvalue weighted by atomic mass is 15.1. The minimum absolute atomic E-state index is 0.888. The molecular weight excluding hydrogens is 208 g/mol. The van der Waals surface area contributed by atoms with Gasteiger partial charge in [0.05, 0.1) is 0 Å². The third-order valence-electron chi connectivity index (χ3n) is 3.95. The number of nitrogens with two attached hydrogens (primary N) is 1. The zero-order valence-electron chi connectivity index (χ0n) is 10.9. The molecule has 1 unspecified atom stereocenters. The number of likely N-dealkylation sites (tertiary alicyclic amines) is 1. The Labute approximate surface area is 105 Å². The molecule has 0 bridgehead atoms. The molecule has 0 aromatic heterocycles. The first kappa shape index (κ1) is 12.4. The molecular formula is C15H24N2. The van der Waals surface area contributed by atoms with E-state index in [0.29, 0.717) is 0 Å². The fourth-order valence-electron chi connectivity index (χ4n) is 2.72. The molecule has 2 heteroatoms. The van der Waals surface area contributed by atoms with E-state index in [2.05, 4.69) is 24.1 Å². The first-order chi connectivity index (χ1) is 8.25. The van der Waals surface area contributed by atoms with Gasteiger partial charge in [0.15, 0.2) is 0 Å². The van der Waals surface area contributed by atoms with Crippen LogP contribution in [0.2, 0.25) is 0 Å². The van der Waals surface area contributed by atoms with Crippen molar-refractivity contribution < 1.29 is 0 Å². The molecule has 2 nitrogen and oxygen atoms in total. The van der Waals surface area contributed by atoms with Crippen LogP contribution in [0.4, 0.5) is 5.69 Å². The summed E-state index contributed by atoms with van der Waals surface area (Å²) in [5, 5.41) is 0. The average Bonchev–Trinajstić information content (AvgIpc) is 2.53. The van der Waals surface area contributed by atoms with Crippen LogP contribution < -0.4 is 5.73 Å².